The predicted octanol–water partition coefficient (Wildman–Crippen LogP) is 3.39. The summed E-state index contributed by atoms with van der Waals surface area (Å²) in [6, 6.07) is 4.88. The Morgan fingerprint density at radius 2 is 1.95 bits per heavy atom. The molecule has 0 bridgehead atoms. The average Bonchev–Trinajstić information content (AvgIpc) is 2.97. The number of benzene rings is 1. The maximum atomic E-state index is 6.12. The molecule has 1 aromatic carbocycles. The van der Waals surface area contributed by atoms with Gasteiger partial charge >= 0.3 is 0 Å². The lowest BCUT2D eigenvalue weighted by Gasteiger charge is -2.20. The molecule has 0 saturated carbocycles. The highest BCUT2D eigenvalue weighted by molar-refractivity contribution is 6.42. The second kappa shape index (κ2) is 7.22. The third-order valence-corrected chi connectivity index (χ3v) is 4.03. The quantitative estimate of drug-likeness (QED) is 0.880. The van der Waals surface area contributed by atoms with Gasteiger partial charge in [0.2, 0.25) is 0 Å². The number of halogens is 2. The van der Waals surface area contributed by atoms with Crippen LogP contribution in [-0.4, -0.2) is 34.7 Å². The first-order valence-corrected chi connectivity index (χ1v) is 7.57. The highest BCUT2D eigenvalue weighted by Gasteiger charge is 2.17. The molecule has 0 spiro atoms. The van der Waals surface area contributed by atoms with Crippen molar-refractivity contribution < 1.29 is 4.52 Å². The van der Waals surface area contributed by atoms with Crippen molar-refractivity contribution in [3.63, 3.8) is 0 Å². The summed E-state index contributed by atoms with van der Waals surface area (Å²) in [4.78, 5) is 6.55. The van der Waals surface area contributed by atoms with Crippen LogP contribution in [0.15, 0.2) is 22.7 Å². The number of rotatable bonds is 6. The van der Waals surface area contributed by atoms with E-state index < -0.39 is 0 Å². The van der Waals surface area contributed by atoms with E-state index in [0.29, 0.717) is 28.3 Å². The van der Waals surface area contributed by atoms with Crippen LogP contribution in [0.1, 0.15) is 25.7 Å². The summed E-state index contributed by atoms with van der Waals surface area (Å²) in [5.41, 5.74) is 6.84. The third-order valence-electron chi connectivity index (χ3n) is 3.29. The van der Waals surface area contributed by atoms with Crippen molar-refractivity contribution in [1.82, 2.24) is 15.0 Å². The molecule has 0 amide bonds. The molecule has 21 heavy (non-hydrogen) atoms. The van der Waals surface area contributed by atoms with Gasteiger partial charge in [-0.05, 0) is 31.3 Å². The lowest BCUT2D eigenvalue weighted by atomic mass is 10.2. The molecule has 0 aliphatic carbocycles. The third kappa shape index (κ3) is 3.95. The molecule has 2 rings (SSSR count). The Morgan fingerprint density at radius 1 is 1.24 bits per heavy atom. The summed E-state index contributed by atoms with van der Waals surface area (Å²) in [6.45, 7) is 6.73. The number of hydrogen-bond donors (Lipinski definition) is 1. The molecular formula is C14H18Cl2N4O. The molecule has 2 N–H and O–H groups in total. The molecule has 0 saturated heterocycles. The largest absolute Gasteiger partial charge is 0.334 e. The van der Waals surface area contributed by atoms with Gasteiger partial charge in [0, 0.05) is 12.1 Å². The van der Waals surface area contributed by atoms with Crippen LogP contribution in [-0.2, 0) is 0 Å². The summed E-state index contributed by atoms with van der Waals surface area (Å²) >= 11 is 11.9. The minimum atomic E-state index is -0.287. The second-order valence-corrected chi connectivity index (χ2v) is 5.49. The molecule has 5 nitrogen and oxygen atoms in total. The first-order valence-electron chi connectivity index (χ1n) is 6.82. The summed E-state index contributed by atoms with van der Waals surface area (Å²) in [7, 11) is 0. The van der Waals surface area contributed by atoms with Gasteiger partial charge in [0.25, 0.3) is 5.89 Å². The minimum absolute atomic E-state index is 0.287. The van der Waals surface area contributed by atoms with Crippen molar-refractivity contribution in [3.05, 3.63) is 34.1 Å². The van der Waals surface area contributed by atoms with Gasteiger partial charge in [-0.2, -0.15) is 4.98 Å². The Bertz CT molecular complexity index is 598. The molecule has 0 radical (unpaired) electrons. The van der Waals surface area contributed by atoms with E-state index >= 15 is 0 Å². The van der Waals surface area contributed by atoms with Gasteiger partial charge in [-0.1, -0.05) is 42.2 Å². The Morgan fingerprint density at radius 3 is 2.57 bits per heavy atom. The minimum Gasteiger partial charge on any atom is -0.334 e. The van der Waals surface area contributed by atoms with Gasteiger partial charge in [0.15, 0.2) is 5.82 Å². The zero-order chi connectivity index (χ0) is 15.4. The van der Waals surface area contributed by atoms with E-state index in [0.717, 1.165) is 18.7 Å². The normalized spacial score (nSPS) is 12.9. The van der Waals surface area contributed by atoms with E-state index in [2.05, 4.69) is 28.9 Å². The fourth-order valence-corrected chi connectivity index (χ4v) is 2.27. The first kappa shape index (κ1) is 16.2. The van der Waals surface area contributed by atoms with Crippen molar-refractivity contribution in [2.24, 2.45) is 5.73 Å². The summed E-state index contributed by atoms with van der Waals surface area (Å²) in [5, 5.41) is 4.88. The molecule has 114 valence electrons. The maximum Gasteiger partial charge on any atom is 0.258 e. The van der Waals surface area contributed by atoms with Crippen LogP contribution in [0.25, 0.3) is 11.5 Å². The number of nitrogens with zero attached hydrogens (tertiary/aromatic N) is 3. The summed E-state index contributed by atoms with van der Waals surface area (Å²) in [5.74, 6) is 0.876. The first-order chi connectivity index (χ1) is 10.0. The Hall–Kier alpha value is -1.14. The molecular weight excluding hydrogens is 311 g/mol. The van der Waals surface area contributed by atoms with E-state index in [9.17, 15) is 0 Å². The number of hydrogen-bond acceptors (Lipinski definition) is 5. The lowest BCUT2D eigenvalue weighted by molar-refractivity contribution is 0.278. The van der Waals surface area contributed by atoms with Crippen LogP contribution in [0.3, 0.4) is 0 Å². The van der Waals surface area contributed by atoms with Crippen molar-refractivity contribution in [1.29, 1.82) is 0 Å². The number of aromatic nitrogens is 2. The predicted molar refractivity (Wildman–Crippen MR) is 84.5 cm³/mol. The zero-order valence-electron chi connectivity index (χ0n) is 12.0. The second-order valence-electron chi connectivity index (χ2n) is 4.68. The number of nitrogens with two attached hydrogens (primary N) is 1. The molecule has 0 aliphatic heterocycles. The van der Waals surface area contributed by atoms with Gasteiger partial charge in [-0.3, -0.25) is 0 Å². The molecule has 1 atom stereocenters. The fourth-order valence-electron chi connectivity index (χ4n) is 1.97. The van der Waals surface area contributed by atoms with Gasteiger partial charge in [-0.25, -0.2) is 0 Å². The Balaban J connectivity index is 2.15. The molecule has 1 aromatic heterocycles. The van der Waals surface area contributed by atoms with Crippen molar-refractivity contribution in [2.45, 2.75) is 19.9 Å². The molecule has 1 heterocycles. The summed E-state index contributed by atoms with van der Waals surface area (Å²) in [6.07, 6.45) is 0. The molecule has 2 aromatic rings. The maximum absolute atomic E-state index is 6.12. The van der Waals surface area contributed by atoms with E-state index in [1.807, 2.05) is 0 Å². The average molecular weight is 329 g/mol. The van der Waals surface area contributed by atoms with E-state index in [4.69, 9.17) is 33.5 Å². The van der Waals surface area contributed by atoms with Crippen LogP contribution in [0.4, 0.5) is 0 Å². The topological polar surface area (TPSA) is 68.2 Å². The molecule has 7 heteroatoms. The van der Waals surface area contributed by atoms with Crippen LogP contribution < -0.4 is 5.73 Å². The lowest BCUT2D eigenvalue weighted by Crippen LogP contribution is -2.32. The zero-order valence-corrected chi connectivity index (χ0v) is 13.5. The molecule has 0 aliphatic rings. The van der Waals surface area contributed by atoms with Crippen LogP contribution in [0, 0.1) is 0 Å². The molecule has 1 unspecified atom stereocenters. The van der Waals surface area contributed by atoms with E-state index in [1.54, 1.807) is 18.2 Å². The van der Waals surface area contributed by atoms with Crippen LogP contribution in [0.5, 0.6) is 0 Å². The monoisotopic (exact) mass is 328 g/mol. The van der Waals surface area contributed by atoms with Gasteiger partial charge in [-0.15, -0.1) is 0 Å². The fraction of sp³-hybridized carbons (Fsp3) is 0.429. The van der Waals surface area contributed by atoms with E-state index in [-0.39, 0.29) is 6.04 Å². The van der Waals surface area contributed by atoms with Gasteiger partial charge in [0.05, 0.1) is 16.1 Å². The van der Waals surface area contributed by atoms with Crippen molar-refractivity contribution in [3.8, 4) is 11.5 Å². The Labute approximate surface area is 134 Å². The van der Waals surface area contributed by atoms with Crippen LogP contribution in [0.2, 0.25) is 10.0 Å². The van der Waals surface area contributed by atoms with Gasteiger partial charge < -0.3 is 15.2 Å². The standard InChI is InChI=1S/C14H18Cl2N4O/c1-3-20(4-2)8-12(17)13-18-14(21-19-13)9-5-6-10(15)11(16)7-9/h5-7,12H,3-4,8,17H2,1-2H3. The molecule has 0 fully saturated rings. The smallest absolute Gasteiger partial charge is 0.258 e. The van der Waals surface area contributed by atoms with E-state index in [1.165, 1.54) is 0 Å². The highest BCUT2D eigenvalue weighted by Crippen LogP contribution is 2.28. The van der Waals surface area contributed by atoms with Gasteiger partial charge in [0.1, 0.15) is 0 Å². The number of likely N-dealkylation sites (N-methyl/N-ethyl adjacent to an activating group) is 1. The van der Waals surface area contributed by atoms with Crippen molar-refractivity contribution in [2.75, 3.05) is 19.6 Å². The van der Waals surface area contributed by atoms with Crippen LogP contribution >= 0.6 is 23.2 Å². The summed E-state index contributed by atoms with van der Waals surface area (Å²) < 4.78 is 5.25. The van der Waals surface area contributed by atoms with Crippen molar-refractivity contribution >= 4 is 23.2 Å². The SMILES string of the molecule is CCN(CC)CC(N)c1noc(-c2ccc(Cl)c(Cl)c2)n1. The Kier molecular flexibility index (Phi) is 5.58. The highest BCUT2D eigenvalue weighted by atomic mass is 35.5.